The Bertz CT molecular complexity index is 438. The largest absolute Gasteiger partial charge is 0.481 e. The Morgan fingerprint density at radius 2 is 2.13 bits per heavy atom. The summed E-state index contributed by atoms with van der Waals surface area (Å²) in [6.07, 6.45) is 1.05. The van der Waals surface area contributed by atoms with Crippen molar-refractivity contribution < 1.29 is 14.3 Å². The lowest BCUT2D eigenvalue weighted by Crippen LogP contribution is -2.21. The van der Waals surface area contributed by atoms with Crippen LogP contribution in [0.25, 0.3) is 0 Å². The van der Waals surface area contributed by atoms with Crippen molar-refractivity contribution in [1.82, 2.24) is 0 Å². The van der Waals surface area contributed by atoms with Gasteiger partial charge in [0.25, 0.3) is 0 Å². The lowest BCUT2D eigenvalue weighted by atomic mass is 9.94. The first kappa shape index (κ1) is 10.6. The van der Waals surface area contributed by atoms with Crippen LogP contribution in [0.4, 0.5) is 4.39 Å². The Morgan fingerprint density at radius 3 is 2.60 bits per heavy atom. The van der Waals surface area contributed by atoms with Crippen LogP contribution in [-0.2, 0) is 10.2 Å². The van der Waals surface area contributed by atoms with E-state index in [0.29, 0.717) is 22.9 Å². The number of hydrogen-bond acceptors (Lipinski definition) is 1. The Morgan fingerprint density at radius 1 is 1.53 bits per heavy atom. The highest BCUT2D eigenvalue weighted by Gasteiger charge is 2.53. The fourth-order valence-electron chi connectivity index (χ4n) is 1.80. The van der Waals surface area contributed by atoms with Crippen molar-refractivity contribution in [3.63, 3.8) is 0 Å². The number of aryl methyl sites for hydroxylation is 1. The molecule has 1 fully saturated rings. The number of hydrogen-bond donors (Lipinski definition) is 1. The van der Waals surface area contributed by atoms with Gasteiger partial charge in [-0.1, -0.05) is 6.07 Å². The molecule has 1 N–H and O–H groups in total. The van der Waals surface area contributed by atoms with Crippen LogP contribution in [0.1, 0.15) is 24.0 Å². The highest BCUT2D eigenvalue weighted by atomic mass is 79.9. The third-order valence-corrected chi connectivity index (χ3v) is 3.42. The number of carboxylic acid groups (broad SMARTS) is 1. The molecular weight excluding hydrogens is 263 g/mol. The van der Waals surface area contributed by atoms with Gasteiger partial charge in [-0.15, -0.1) is 0 Å². The van der Waals surface area contributed by atoms with E-state index in [9.17, 15) is 9.18 Å². The van der Waals surface area contributed by atoms with E-state index >= 15 is 0 Å². The van der Waals surface area contributed by atoms with Crippen LogP contribution in [0.2, 0.25) is 0 Å². The van der Waals surface area contributed by atoms with Crippen molar-refractivity contribution in [3.8, 4) is 0 Å². The second kappa shape index (κ2) is 3.30. The molecule has 15 heavy (non-hydrogen) atoms. The predicted octanol–water partition coefficient (Wildman–Crippen LogP) is 3.01. The van der Waals surface area contributed by atoms with Gasteiger partial charge in [-0.25, -0.2) is 4.39 Å². The van der Waals surface area contributed by atoms with E-state index < -0.39 is 17.2 Å². The molecule has 1 aromatic carbocycles. The summed E-state index contributed by atoms with van der Waals surface area (Å²) in [6, 6.07) is 3.28. The third kappa shape index (κ3) is 1.57. The number of halogens is 2. The number of benzene rings is 1. The molecule has 0 spiro atoms. The van der Waals surface area contributed by atoms with Crippen LogP contribution in [0.3, 0.4) is 0 Å². The number of aliphatic carboxylic acids is 1. The van der Waals surface area contributed by atoms with Gasteiger partial charge in [0.05, 0.1) is 9.89 Å². The summed E-state index contributed by atoms with van der Waals surface area (Å²) in [5.74, 6) is -1.38. The summed E-state index contributed by atoms with van der Waals surface area (Å²) in [5.41, 5.74) is 0.200. The Kier molecular flexibility index (Phi) is 2.34. The Hall–Kier alpha value is -0.900. The molecule has 2 nitrogen and oxygen atoms in total. The topological polar surface area (TPSA) is 37.3 Å². The molecule has 1 aromatic rings. The third-order valence-electron chi connectivity index (χ3n) is 2.85. The molecule has 1 saturated carbocycles. The van der Waals surface area contributed by atoms with Gasteiger partial charge >= 0.3 is 5.97 Å². The maximum Gasteiger partial charge on any atom is 0.314 e. The van der Waals surface area contributed by atoms with Gasteiger partial charge in [-0.05, 0) is 47.3 Å². The molecule has 0 bridgehead atoms. The minimum Gasteiger partial charge on any atom is -0.481 e. The van der Waals surface area contributed by atoms with Gasteiger partial charge in [-0.3, -0.25) is 4.79 Å². The SMILES string of the molecule is Cc1cc(Br)c(F)c(C2(C(=O)O)CC2)c1. The van der Waals surface area contributed by atoms with E-state index in [4.69, 9.17) is 5.11 Å². The van der Waals surface area contributed by atoms with Gasteiger partial charge in [0, 0.05) is 5.56 Å². The van der Waals surface area contributed by atoms with E-state index in [-0.39, 0.29) is 0 Å². The van der Waals surface area contributed by atoms with Gasteiger partial charge < -0.3 is 5.11 Å². The first-order valence-electron chi connectivity index (χ1n) is 4.67. The zero-order valence-corrected chi connectivity index (χ0v) is 9.77. The van der Waals surface area contributed by atoms with Crippen molar-refractivity contribution in [2.45, 2.75) is 25.2 Å². The molecule has 80 valence electrons. The van der Waals surface area contributed by atoms with Crippen molar-refractivity contribution in [2.24, 2.45) is 0 Å². The first-order chi connectivity index (χ1) is 6.97. The summed E-state index contributed by atoms with van der Waals surface area (Å²) in [6.45, 7) is 1.83. The molecule has 0 amide bonds. The van der Waals surface area contributed by atoms with Gasteiger partial charge in [-0.2, -0.15) is 0 Å². The fourth-order valence-corrected chi connectivity index (χ4v) is 2.37. The van der Waals surface area contributed by atoms with Crippen LogP contribution < -0.4 is 0 Å². The zero-order valence-electron chi connectivity index (χ0n) is 8.18. The first-order valence-corrected chi connectivity index (χ1v) is 5.46. The smallest absolute Gasteiger partial charge is 0.314 e. The summed E-state index contributed by atoms with van der Waals surface area (Å²) < 4.78 is 14.1. The van der Waals surface area contributed by atoms with Crippen molar-refractivity contribution in [2.75, 3.05) is 0 Å². The lowest BCUT2D eigenvalue weighted by Gasteiger charge is -2.13. The summed E-state index contributed by atoms with van der Waals surface area (Å²) in [5, 5.41) is 9.08. The summed E-state index contributed by atoms with van der Waals surface area (Å²) in [7, 11) is 0. The minimum absolute atomic E-state index is 0.307. The average Bonchev–Trinajstić information content (AvgIpc) is 2.91. The summed E-state index contributed by atoms with van der Waals surface area (Å²) >= 11 is 3.10. The maximum absolute atomic E-state index is 13.8. The Labute approximate surface area is 95.2 Å². The van der Waals surface area contributed by atoms with Crippen molar-refractivity contribution >= 4 is 21.9 Å². The molecule has 1 aliphatic carbocycles. The molecule has 4 heteroatoms. The summed E-state index contributed by atoms with van der Waals surface area (Å²) in [4.78, 5) is 11.1. The van der Waals surface area contributed by atoms with Crippen LogP contribution in [0.5, 0.6) is 0 Å². The maximum atomic E-state index is 13.8. The fraction of sp³-hybridized carbons (Fsp3) is 0.364. The van der Waals surface area contributed by atoms with Crippen LogP contribution in [0.15, 0.2) is 16.6 Å². The Balaban J connectivity index is 2.58. The van der Waals surface area contributed by atoms with Crippen LogP contribution in [-0.4, -0.2) is 11.1 Å². The van der Waals surface area contributed by atoms with E-state index in [1.54, 1.807) is 12.1 Å². The van der Waals surface area contributed by atoms with Gasteiger partial charge in [0.2, 0.25) is 0 Å². The van der Waals surface area contributed by atoms with Gasteiger partial charge in [0.1, 0.15) is 5.82 Å². The second-order valence-electron chi connectivity index (χ2n) is 4.00. The lowest BCUT2D eigenvalue weighted by molar-refractivity contribution is -0.140. The number of carbonyl (C=O) groups is 1. The number of carboxylic acids is 1. The normalized spacial score (nSPS) is 17.5. The van der Waals surface area contributed by atoms with E-state index in [2.05, 4.69) is 15.9 Å². The van der Waals surface area contributed by atoms with E-state index in [1.807, 2.05) is 6.92 Å². The number of rotatable bonds is 2. The molecule has 0 heterocycles. The molecule has 0 aromatic heterocycles. The second-order valence-corrected chi connectivity index (χ2v) is 4.85. The van der Waals surface area contributed by atoms with Gasteiger partial charge in [0.15, 0.2) is 0 Å². The van der Waals surface area contributed by atoms with Crippen LogP contribution >= 0.6 is 15.9 Å². The monoisotopic (exact) mass is 272 g/mol. The molecule has 0 aliphatic heterocycles. The van der Waals surface area contributed by atoms with Crippen LogP contribution in [0, 0.1) is 12.7 Å². The standard InChI is InChI=1S/C11H10BrFO2/c1-6-4-7(9(13)8(12)5-6)11(2-3-11)10(14)15/h4-5H,2-3H2,1H3,(H,14,15). The van der Waals surface area contributed by atoms with E-state index in [0.717, 1.165) is 5.56 Å². The molecule has 0 saturated heterocycles. The zero-order chi connectivity index (χ0) is 11.2. The highest BCUT2D eigenvalue weighted by Crippen LogP contribution is 2.50. The molecule has 0 radical (unpaired) electrons. The highest BCUT2D eigenvalue weighted by molar-refractivity contribution is 9.10. The van der Waals surface area contributed by atoms with Crippen molar-refractivity contribution in [3.05, 3.63) is 33.5 Å². The molecule has 1 aliphatic rings. The average molecular weight is 273 g/mol. The minimum atomic E-state index is -0.974. The predicted molar refractivity (Wildman–Crippen MR) is 57.4 cm³/mol. The molecule has 2 rings (SSSR count). The van der Waals surface area contributed by atoms with E-state index in [1.165, 1.54) is 0 Å². The quantitative estimate of drug-likeness (QED) is 0.899. The molecule has 0 unspecified atom stereocenters. The molecule has 0 atom stereocenters. The van der Waals surface area contributed by atoms with Crippen molar-refractivity contribution in [1.29, 1.82) is 0 Å². The molecular formula is C11H10BrFO2.